The van der Waals surface area contributed by atoms with Crippen LogP contribution in [0, 0.1) is 0 Å². The lowest BCUT2D eigenvalue weighted by Crippen LogP contribution is -2.39. The number of benzene rings is 1. The van der Waals surface area contributed by atoms with Crippen LogP contribution in [0.25, 0.3) is 0 Å². The molecule has 1 unspecified atom stereocenters. The molecule has 0 heterocycles. The standard InChI is InChI=1S/C10H12F3NO3/c1-17-7-3-5(2-6(15)9(7)16)4-8(14)10(11,12)13/h2-3,8,15-16H,4,14H2,1H3. The number of hydrogen-bond acceptors (Lipinski definition) is 4. The number of nitrogens with two attached hydrogens (primary N) is 1. The van der Waals surface area contributed by atoms with Gasteiger partial charge in [0, 0.05) is 0 Å². The average Bonchev–Trinajstić information content (AvgIpc) is 2.21. The molecule has 0 saturated heterocycles. The Bertz CT molecular complexity index is 407. The molecule has 0 aliphatic carbocycles. The molecular weight excluding hydrogens is 239 g/mol. The number of ether oxygens (including phenoxy) is 1. The van der Waals surface area contributed by atoms with E-state index in [1.807, 2.05) is 0 Å². The molecule has 96 valence electrons. The zero-order valence-corrected chi connectivity index (χ0v) is 8.95. The van der Waals surface area contributed by atoms with Crippen molar-refractivity contribution in [3.05, 3.63) is 17.7 Å². The molecule has 7 heteroatoms. The van der Waals surface area contributed by atoms with Crippen molar-refractivity contribution in [2.24, 2.45) is 5.73 Å². The van der Waals surface area contributed by atoms with Gasteiger partial charge < -0.3 is 20.7 Å². The molecule has 0 spiro atoms. The molecule has 17 heavy (non-hydrogen) atoms. The summed E-state index contributed by atoms with van der Waals surface area (Å²) in [6.45, 7) is 0. The Balaban J connectivity index is 2.97. The third-order valence-corrected chi connectivity index (χ3v) is 2.21. The van der Waals surface area contributed by atoms with Crippen LogP contribution >= 0.6 is 0 Å². The first-order valence-electron chi connectivity index (χ1n) is 4.67. The van der Waals surface area contributed by atoms with Gasteiger partial charge in [0.2, 0.25) is 5.75 Å². The molecule has 1 aromatic rings. The monoisotopic (exact) mass is 251 g/mol. The van der Waals surface area contributed by atoms with Crippen LogP contribution in [0.2, 0.25) is 0 Å². The van der Waals surface area contributed by atoms with Crippen molar-refractivity contribution < 1.29 is 28.1 Å². The lowest BCUT2D eigenvalue weighted by molar-refractivity contribution is -0.147. The minimum absolute atomic E-state index is 0.102. The van der Waals surface area contributed by atoms with E-state index < -0.39 is 30.1 Å². The van der Waals surface area contributed by atoms with E-state index in [0.29, 0.717) is 0 Å². The number of alkyl halides is 3. The number of methoxy groups -OCH3 is 1. The predicted molar refractivity (Wildman–Crippen MR) is 54.1 cm³/mol. The quantitative estimate of drug-likeness (QED) is 0.712. The SMILES string of the molecule is COc1cc(CC(N)C(F)(F)F)cc(O)c1O. The Labute approximate surface area is 95.4 Å². The van der Waals surface area contributed by atoms with Crippen LogP contribution in [0.5, 0.6) is 17.2 Å². The van der Waals surface area contributed by atoms with Crippen molar-refractivity contribution in [2.75, 3.05) is 7.11 Å². The summed E-state index contributed by atoms with van der Waals surface area (Å²) in [6, 6.07) is 0.181. The fourth-order valence-electron chi connectivity index (χ4n) is 1.29. The highest BCUT2D eigenvalue weighted by Gasteiger charge is 2.36. The van der Waals surface area contributed by atoms with Gasteiger partial charge in [-0.3, -0.25) is 0 Å². The Kier molecular flexibility index (Phi) is 3.72. The minimum atomic E-state index is -4.51. The molecule has 0 aromatic heterocycles. The van der Waals surface area contributed by atoms with Gasteiger partial charge in [-0.15, -0.1) is 0 Å². The summed E-state index contributed by atoms with van der Waals surface area (Å²) in [5, 5.41) is 18.6. The molecule has 4 nitrogen and oxygen atoms in total. The van der Waals surface area contributed by atoms with Gasteiger partial charge in [-0.1, -0.05) is 0 Å². The summed E-state index contributed by atoms with van der Waals surface area (Å²) in [5.74, 6) is -1.17. The number of phenolic OH excluding ortho intramolecular Hbond substituents is 2. The fraction of sp³-hybridized carbons (Fsp3) is 0.400. The fourth-order valence-corrected chi connectivity index (χ4v) is 1.29. The van der Waals surface area contributed by atoms with Gasteiger partial charge in [0.15, 0.2) is 11.5 Å². The third kappa shape index (κ3) is 3.16. The van der Waals surface area contributed by atoms with Crippen molar-refractivity contribution in [1.29, 1.82) is 0 Å². The zero-order chi connectivity index (χ0) is 13.2. The molecule has 1 atom stereocenters. The van der Waals surface area contributed by atoms with Crippen LogP contribution in [0.1, 0.15) is 5.56 Å². The Morgan fingerprint density at radius 3 is 2.41 bits per heavy atom. The normalized spacial score (nSPS) is 13.5. The topological polar surface area (TPSA) is 75.7 Å². The van der Waals surface area contributed by atoms with Crippen LogP contribution in [0.3, 0.4) is 0 Å². The number of halogens is 3. The third-order valence-electron chi connectivity index (χ3n) is 2.21. The van der Waals surface area contributed by atoms with E-state index in [2.05, 4.69) is 0 Å². The molecule has 0 bridgehead atoms. The summed E-state index contributed by atoms with van der Waals surface area (Å²) in [6.07, 6.45) is -5.02. The van der Waals surface area contributed by atoms with Crippen molar-refractivity contribution in [3.8, 4) is 17.2 Å². The van der Waals surface area contributed by atoms with Crippen molar-refractivity contribution in [2.45, 2.75) is 18.6 Å². The van der Waals surface area contributed by atoms with Gasteiger partial charge in [0.25, 0.3) is 0 Å². The predicted octanol–water partition coefficient (Wildman–Crippen LogP) is 1.54. The molecule has 0 aliphatic heterocycles. The molecule has 1 aromatic carbocycles. The van der Waals surface area contributed by atoms with Gasteiger partial charge in [0.05, 0.1) is 7.11 Å². The number of aromatic hydroxyl groups is 2. The maximum Gasteiger partial charge on any atom is 0.403 e. The molecule has 0 fully saturated rings. The van der Waals surface area contributed by atoms with Gasteiger partial charge in [0.1, 0.15) is 6.04 Å². The van der Waals surface area contributed by atoms with E-state index in [4.69, 9.17) is 10.5 Å². The molecule has 0 aliphatic rings. The zero-order valence-electron chi connectivity index (χ0n) is 8.95. The summed E-state index contributed by atoms with van der Waals surface area (Å²) >= 11 is 0. The van der Waals surface area contributed by atoms with Gasteiger partial charge in [-0.25, -0.2) is 0 Å². The van der Waals surface area contributed by atoms with Gasteiger partial charge >= 0.3 is 6.18 Å². The molecule has 4 N–H and O–H groups in total. The lowest BCUT2D eigenvalue weighted by atomic mass is 10.1. The maximum absolute atomic E-state index is 12.2. The van der Waals surface area contributed by atoms with Crippen LogP contribution in [-0.2, 0) is 6.42 Å². The lowest BCUT2D eigenvalue weighted by Gasteiger charge is -2.16. The Hall–Kier alpha value is -1.63. The van der Waals surface area contributed by atoms with Crippen molar-refractivity contribution in [1.82, 2.24) is 0 Å². The second-order valence-electron chi connectivity index (χ2n) is 3.52. The first kappa shape index (κ1) is 13.4. The van der Waals surface area contributed by atoms with Crippen molar-refractivity contribution >= 4 is 0 Å². The van der Waals surface area contributed by atoms with Crippen LogP contribution in [0.15, 0.2) is 12.1 Å². The summed E-state index contributed by atoms with van der Waals surface area (Å²) in [7, 11) is 1.22. The van der Waals surface area contributed by atoms with E-state index in [1.54, 1.807) is 0 Å². The summed E-state index contributed by atoms with van der Waals surface area (Å²) < 4.78 is 41.4. The molecule has 0 radical (unpaired) electrons. The molecular formula is C10H12F3NO3. The number of hydrogen-bond donors (Lipinski definition) is 3. The number of phenols is 2. The van der Waals surface area contributed by atoms with Crippen LogP contribution < -0.4 is 10.5 Å². The highest BCUT2D eigenvalue weighted by Crippen LogP contribution is 2.37. The maximum atomic E-state index is 12.2. The van der Waals surface area contributed by atoms with Crippen LogP contribution in [-0.4, -0.2) is 29.5 Å². The Morgan fingerprint density at radius 1 is 1.35 bits per heavy atom. The van der Waals surface area contributed by atoms with Gasteiger partial charge in [-0.2, -0.15) is 13.2 Å². The molecule has 1 rings (SSSR count). The second kappa shape index (κ2) is 4.70. The van der Waals surface area contributed by atoms with E-state index >= 15 is 0 Å². The van der Waals surface area contributed by atoms with E-state index in [9.17, 15) is 23.4 Å². The summed E-state index contributed by atoms with van der Waals surface area (Å²) in [5.41, 5.74) is 5.08. The molecule has 0 saturated carbocycles. The first-order valence-corrected chi connectivity index (χ1v) is 4.67. The summed E-state index contributed by atoms with van der Waals surface area (Å²) in [4.78, 5) is 0. The van der Waals surface area contributed by atoms with Crippen molar-refractivity contribution in [3.63, 3.8) is 0 Å². The van der Waals surface area contributed by atoms with Crippen LogP contribution in [0.4, 0.5) is 13.2 Å². The average molecular weight is 251 g/mol. The highest BCUT2D eigenvalue weighted by atomic mass is 19.4. The smallest absolute Gasteiger partial charge is 0.403 e. The van der Waals surface area contributed by atoms with E-state index in [0.717, 1.165) is 6.07 Å². The largest absolute Gasteiger partial charge is 0.504 e. The van der Waals surface area contributed by atoms with E-state index in [1.165, 1.54) is 13.2 Å². The van der Waals surface area contributed by atoms with E-state index in [-0.39, 0.29) is 11.3 Å². The Morgan fingerprint density at radius 2 is 1.94 bits per heavy atom. The van der Waals surface area contributed by atoms with Gasteiger partial charge in [-0.05, 0) is 24.1 Å². The first-order chi connectivity index (χ1) is 7.75. The number of rotatable bonds is 3. The minimum Gasteiger partial charge on any atom is -0.504 e. The molecule has 0 amide bonds. The second-order valence-corrected chi connectivity index (χ2v) is 3.52. The highest BCUT2D eigenvalue weighted by molar-refractivity contribution is 5.52.